The number of benzene rings is 1. The summed E-state index contributed by atoms with van der Waals surface area (Å²) in [5, 5.41) is 13.0. The number of nitrogens with one attached hydrogen (secondary N) is 1. The molecule has 2 N–H and O–H groups in total. The second kappa shape index (κ2) is 4.00. The fraction of sp³-hybridized carbons (Fsp3) is 0.300. The molecule has 3 nitrogen and oxygen atoms in total. The fourth-order valence-corrected chi connectivity index (χ4v) is 2.38. The maximum absolute atomic E-state index is 11.0. The van der Waals surface area contributed by atoms with Crippen LogP contribution >= 0.6 is 23.2 Å². The summed E-state index contributed by atoms with van der Waals surface area (Å²) in [5.41, 5.74) is 1.44. The van der Waals surface area contributed by atoms with Crippen molar-refractivity contribution in [3.63, 3.8) is 0 Å². The third-order valence-corrected chi connectivity index (χ3v) is 3.19. The second-order valence-electron chi connectivity index (χ2n) is 3.40. The van der Waals surface area contributed by atoms with Gasteiger partial charge in [0.25, 0.3) is 0 Å². The molecule has 1 aliphatic rings. The lowest BCUT2D eigenvalue weighted by atomic mass is 9.94. The van der Waals surface area contributed by atoms with Gasteiger partial charge in [-0.15, -0.1) is 0 Å². The van der Waals surface area contributed by atoms with Crippen molar-refractivity contribution in [3.05, 3.63) is 33.3 Å². The number of carboxylic acids is 1. The van der Waals surface area contributed by atoms with E-state index in [1.807, 2.05) is 0 Å². The molecule has 0 aliphatic carbocycles. The van der Waals surface area contributed by atoms with Crippen molar-refractivity contribution in [1.29, 1.82) is 0 Å². The molecule has 0 radical (unpaired) electrons. The number of fused-ring (bicyclic) bond motifs is 1. The number of hydrogen-bond donors (Lipinski definition) is 2. The monoisotopic (exact) mass is 245 g/mol. The molecule has 0 fully saturated rings. The summed E-state index contributed by atoms with van der Waals surface area (Å²) in [6.07, 6.45) is 0.707. The van der Waals surface area contributed by atoms with Gasteiger partial charge in [0.1, 0.15) is 6.04 Å². The van der Waals surface area contributed by atoms with Crippen molar-refractivity contribution >= 4 is 29.2 Å². The Bertz CT molecular complexity index is 420. The first kappa shape index (κ1) is 10.7. The van der Waals surface area contributed by atoms with E-state index in [0.29, 0.717) is 28.6 Å². The smallest absolute Gasteiger partial charge is 0.325 e. The van der Waals surface area contributed by atoms with Crippen molar-refractivity contribution < 1.29 is 9.90 Å². The molecule has 1 aromatic rings. The molecule has 1 aromatic carbocycles. The van der Waals surface area contributed by atoms with Crippen LogP contribution in [-0.4, -0.2) is 17.6 Å². The lowest BCUT2D eigenvalue weighted by molar-refractivity contribution is -0.139. The molecule has 0 aromatic heterocycles. The SMILES string of the molecule is O=C(O)C1NCCc2c(Cl)ccc(Cl)c21. The van der Waals surface area contributed by atoms with Crippen molar-refractivity contribution in [2.24, 2.45) is 0 Å². The molecular weight excluding hydrogens is 237 g/mol. The summed E-state index contributed by atoms with van der Waals surface area (Å²) < 4.78 is 0. The highest BCUT2D eigenvalue weighted by Crippen LogP contribution is 2.34. The van der Waals surface area contributed by atoms with Crippen LogP contribution in [0.4, 0.5) is 0 Å². The van der Waals surface area contributed by atoms with E-state index in [2.05, 4.69) is 5.32 Å². The maximum Gasteiger partial charge on any atom is 0.325 e. The molecule has 2 rings (SSSR count). The Morgan fingerprint density at radius 1 is 1.40 bits per heavy atom. The minimum atomic E-state index is -0.930. The fourth-order valence-electron chi connectivity index (χ4n) is 1.83. The molecule has 80 valence electrons. The van der Waals surface area contributed by atoms with E-state index in [0.717, 1.165) is 5.56 Å². The Hall–Kier alpha value is -0.770. The van der Waals surface area contributed by atoms with E-state index < -0.39 is 12.0 Å². The van der Waals surface area contributed by atoms with Crippen LogP contribution in [0.3, 0.4) is 0 Å². The van der Waals surface area contributed by atoms with Crippen LogP contribution in [0.1, 0.15) is 17.2 Å². The Balaban J connectivity index is 2.59. The van der Waals surface area contributed by atoms with Gasteiger partial charge in [-0.05, 0) is 24.1 Å². The summed E-state index contributed by atoms with van der Waals surface area (Å²) >= 11 is 12.0. The van der Waals surface area contributed by atoms with E-state index in [4.69, 9.17) is 28.3 Å². The van der Waals surface area contributed by atoms with E-state index in [1.54, 1.807) is 12.1 Å². The van der Waals surface area contributed by atoms with Crippen LogP contribution in [0.15, 0.2) is 12.1 Å². The van der Waals surface area contributed by atoms with Gasteiger partial charge in [0.15, 0.2) is 0 Å². The molecular formula is C10H9Cl2NO2. The average molecular weight is 246 g/mol. The van der Waals surface area contributed by atoms with E-state index in [9.17, 15) is 4.79 Å². The number of hydrogen-bond acceptors (Lipinski definition) is 2. The summed E-state index contributed by atoms with van der Waals surface area (Å²) in [4.78, 5) is 11.0. The van der Waals surface area contributed by atoms with Gasteiger partial charge >= 0.3 is 5.97 Å². The average Bonchev–Trinajstić information content (AvgIpc) is 2.23. The van der Waals surface area contributed by atoms with Gasteiger partial charge < -0.3 is 10.4 Å². The highest BCUT2D eigenvalue weighted by atomic mass is 35.5. The van der Waals surface area contributed by atoms with Crippen molar-refractivity contribution in [1.82, 2.24) is 5.32 Å². The van der Waals surface area contributed by atoms with Crippen LogP contribution in [0, 0.1) is 0 Å². The zero-order valence-corrected chi connectivity index (χ0v) is 9.27. The van der Waals surface area contributed by atoms with Gasteiger partial charge in [0.2, 0.25) is 0 Å². The Morgan fingerprint density at radius 3 is 2.73 bits per heavy atom. The van der Waals surface area contributed by atoms with Crippen LogP contribution < -0.4 is 5.32 Å². The normalized spacial score (nSPS) is 19.7. The third-order valence-electron chi connectivity index (χ3n) is 2.51. The van der Waals surface area contributed by atoms with Gasteiger partial charge in [-0.25, -0.2) is 0 Å². The van der Waals surface area contributed by atoms with Crippen LogP contribution in [-0.2, 0) is 11.2 Å². The molecule has 1 aliphatic heterocycles. The molecule has 0 saturated carbocycles. The largest absolute Gasteiger partial charge is 0.480 e. The van der Waals surface area contributed by atoms with Crippen molar-refractivity contribution in [2.45, 2.75) is 12.5 Å². The van der Waals surface area contributed by atoms with Crippen molar-refractivity contribution in [3.8, 4) is 0 Å². The van der Waals surface area contributed by atoms with Crippen LogP contribution in [0.5, 0.6) is 0 Å². The number of halogens is 2. The molecule has 1 unspecified atom stereocenters. The van der Waals surface area contributed by atoms with E-state index in [-0.39, 0.29) is 0 Å². The zero-order chi connectivity index (χ0) is 11.0. The lowest BCUT2D eigenvalue weighted by Crippen LogP contribution is -2.35. The molecule has 0 saturated heterocycles. The summed E-state index contributed by atoms with van der Waals surface area (Å²) in [6.45, 7) is 0.601. The quantitative estimate of drug-likeness (QED) is 0.799. The molecule has 1 atom stereocenters. The lowest BCUT2D eigenvalue weighted by Gasteiger charge is -2.25. The van der Waals surface area contributed by atoms with Gasteiger partial charge in [-0.3, -0.25) is 4.79 Å². The first-order chi connectivity index (χ1) is 7.11. The highest BCUT2D eigenvalue weighted by molar-refractivity contribution is 6.34. The first-order valence-electron chi connectivity index (χ1n) is 4.54. The Kier molecular flexibility index (Phi) is 2.87. The molecule has 0 spiro atoms. The number of rotatable bonds is 1. The van der Waals surface area contributed by atoms with Gasteiger partial charge in [-0.2, -0.15) is 0 Å². The van der Waals surface area contributed by atoms with Crippen molar-refractivity contribution in [2.75, 3.05) is 6.54 Å². The number of carbonyl (C=O) groups is 1. The summed E-state index contributed by atoms with van der Waals surface area (Å²) in [5.74, 6) is -0.930. The highest BCUT2D eigenvalue weighted by Gasteiger charge is 2.29. The maximum atomic E-state index is 11.0. The van der Waals surface area contributed by atoms with Crippen LogP contribution in [0.25, 0.3) is 0 Å². The first-order valence-corrected chi connectivity index (χ1v) is 5.30. The molecule has 15 heavy (non-hydrogen) atoms. The minimum absolute atomic E-state index is 0.453. The predicted molar refractivity (Wildman–Crippen MR) is 58.5 cm³/mol. The number of carboxylic acid groups (broad SMARTS) is 1. The predicted octanol–water partition coefficient (Wildman–Crippen LogP) is 2.26. The zero-order valence-electron chi connectivity index (χ0n) is 7.76. The molecule has 1 heterocycles. The number of aliphatic carboxylic acids is 1. The Labute approximate surface area is 97.0 Å². The topological polar surface area (TPSA) is 49.3 Å². The molecule has 0 bridgehead atoms. The summed E-state index contributed by atoms with van der Waals surface area (Å²) in [6, 6.07) is 2.58. The molecule has 0 amide bonds. The summed E-state index contributed by atoms with van der Waals surface area (Å²) in [7, 11) is 0. The third kappa shape index (κ3) is 1.83. The molecule has 5 heteroatoms. The second-order valence-corrected chi connectivity index (χ2v) is 4.21. The van der Waals surface area contributed by atoms with Gasteiger partial charge in [-0.1, -0.05) is 23.2 Å². The minimum Gasteiger partial charge on any atom is -0.480 e. The van der Waals surface area contributed by atoms with Gasteiger partial charge in [0.05, 0.1) is 0 Å². The Morgan fingerprint density at radius 2 is 2.07 bits per heavy atom. The standard InChI is InChI=1S/C10H9Cl2NO2/c11-6-1-2-7(12)8-5(6)3-4-13-9(8)10(14)15/h1-2,9,13H,3-4H2,(H,14,15). The van der Waals surface area contributed by atoms with E-state index in [1.165, 1.54) is 0 Å². The van der Waals surface area contributed by atoms with E-state index >= 15 is 0 Å². The van der Waals surface area contributed by atoms with Gasteiger partial charge in [0, 0.05) is 22.2 Å². The van der Waals surface area contributed by atoms with Crippen LogP contribution in [0.2, 0.25) is 10.0 Å².